The summed E-state index contributed by atoms with van der Waals surface area (Å²) in [6.45, 7) is 1.36. The number of hydrogen-bond donors (Lipinski definition) is 1. The van der Waals surface area contributed by atoms with E-state index in [4.69, 9.17) is 9.47 Å². The fourth-order valence-electron chi connectivity index (χ4n) is 5.45. The van der Waals surface area contributed by atoms with E-state index in [-0.39, 0.29) is 31.1 Å². The van der Waals surface area contributed by atoms with Gasteiger partial charge in [-0.2, -0.15) is 18.2 Å². The Balaban J connectivity index is 1.14. The van der Waals surface area contributed by atoms with E-state index in [9.17, 15) is 13.2 Å². The van der Waals surface area contributed by atoms with E-state index in [0.29, 0.717) is 5.92 Å². The van der Waals surface area contributed by atoms with Crippen LogP contribution in [-0.4, -0.2) is 55.1 Å². The quantitative estimate of drug-likeness (QED) is 0.523. The van der Waals surface area contributed by atoms with Gasteiger partial charge in [-0.05, 0) is 43.2 Å². The van der Waals surface area contributed by atoms with Gasteiger partial charge in [-0.15, -0.1) is 10.2 Å². The van der Waals surface area contributed by atoms with Crippen LogP contribution in [-0.2, 0) is 23.9 Å². The number of ether oxygens (including phenoxy) is 2. The standard InChI is InChI=1S/C25H28F3N7O2/c26-25(27,28)20-12-30-24(32-23(20)37-19-13-36-14-19)31-18-5-1-3-16(9-18)22-34-33-21-10-15(6-8-35(21)22)17-4-2-7-29-11-17/h2,4,7,11-12,15-16,18-19H,1,3,5-6,8-10,13-14H2,(H,30,31,32)/t15-,16-,18+/m0/s1. The minimum absolute atomic E-state index is 0.00931. The second kappa shape index (κ2) is 9.88. The molecule has 0 radical (unpaired) electrons. The van der Waals surface area contributed by atoms with Gasteiger partial charge in [0.2, 0.25) is 11.8 Å². The lowest BCUT2D eigenvalue weighted by Gasteiger charge is -2.31. The molecular formula is C25H28F3N7O2. The highest BCUT2D eigenvalue weighted by atomic mass is 19.4. The second-order valence-electron chi connectivity index (χ2n) is 9.99. The van der Waals surface area contributed by atoms with Gasteiger partial charge in [0.25, 0.3) is 0 Å². The Labute approximate surface area is 211 Å². The minimum Gasteiger partial charge on any atom is -0.469 e. The van der Waals surface area contributed by atoms with Crippen LogP contribution in [0.4, 0.5) is 19.1 Å². The molecule has 0 aromatic carbocycles. The summed E-state index contributed by atoms with van der Waals surface area (Å²) in [6.07, 6.45) is 4.92. The fourth-order valence-corrected chi connectivity index (χ4v) is 5.45. The number of hydrogen-bond acceptors (Lipinski definition) is 8. The van der Waals surface area contributed by atoms with Crippen LogP contribution in [0.2, 0.25) is 0 Å². The molecule has 3 aromatic heterocycles. The number of halogens is 3. The number of aromatic nitrogens is 6. The van der Waals surface area contributed by atoms with Gasteiger partial charge in [0.15, 0.2) is 0 Å². The van der Waals surface area contributed by atoms with Crippen LogP contribution >= 0.6 is 0 Å². The predicted octanol–water partition coefficient (Wildman–Crippen LogP) is 4.13. The van der Waals surface area contributed by atoms with Crippen molar-refractivity contribution in [2.45, 2.75) is 75.2 Å². The summed E-state index contributed by atoms with van der Waals surface area (Å²) < 4.78 is 53.1. The maximum atomic E-state index is 13.4. The SMILES string of the molecule is FC(F)(F)c1cnc(N[C@@H]2CCC[C@H](c3nnc4n3CC[C@H](c3cccnc3)C4)C2)nc1OC1COC1. The Bertz CT molecular complexity index is 1230. The molecule has 2 aliphatic heterocycles. The molecule has 3 aromatic rings. The number of nitrogens with one attached hydrogen (secondary N) is 1. The summed E-state index contributed by atoms with van der Waals surface area (Å²) in [5, 5.41) is 12.3. The largest absolute Gasteiger partial charge is 0.469 e. The fraction of sp³-hybridized carbons (Fsp3) is 0.560. The van der Waals surface area contributed by atoms with E-state index < -0.39 is 23.7 Å². The Kier molecular flexibility index (Phi) is 6.43. The van der Waals surface area contributed by atoms with Crippen molar-refractivity contribution in [2.24, 2.45) is 0 Å². The summed E-state index contributed by atoms with van der Waals surface area (Å²) in [4.78, 5) is 12.3. The van der Waals surface area contributed by atoms with Crippen molar-refractivity contribution in [1.82, 2.24) is 29.7 Å². The molecule has 0 unspecified atom stereocenters. The normalized spacial score (nSPS) is 24.2. The van der Waals surface area contributed by atoms with Crippen molar-refractivity contribution in [3.05, 3.63) is 53.5 Å². The topological polar surface area (TPSA) is 99.9 Å². The van der Waals surface area contributed by atoms with Crippen LogP contribution < -0.4 is 10.1 Å². The highest BCUT2D eigenvalue weighted by molar-refractivity contribution is 5.36. The van der Waals surface area contributed by atoms with Crippen molar-refractivity contribution in [3.8, 4) is 5.88 Å². The first-order valence-electron chi connectivity index (χ1n) is 12.7. The highest BCUT2D eigenvalue weighted by Gasteiger charge is 2.38. The second-order valence-corrected chi connectivity index (χ2v) is 9.99. The number of nitrogens with zero attached hydrogens (tertiary/aromatic N) is 6. The summed E-state index contributed by atoms with van der Waals surface area (Å²) in [6, 6.07) is 4.09. The van der Waals surface area contributed by atoms with Gasteiger partial charge in [0.1, 0.15) is 23.3 Å². The van der Waals surface area contributed by atoms with E-state index in [1.165, 1.54) is 5.56 Å². The lowest BCUT2D eigenvalue weighted by molar-refractivity contribution is -0.142. The molecule has 37 heavy (non-hydrogen) atoms. The molecule has 3 atom stereocenters. The Morgan fingerprint density at radius 1 is 1.08 bits per heavy atom. The van der Waals surface area contributed by atoms with Crippen LogP contribution in [0.5, 0.6) is 5.88 Å². The zero-order valence-corrected chi connectivity index (χ0v) is 20.2. The molecule has 9 nitrogen and oxygen atoms in total. The van der Waals surface area contributed by atoms with Gasteiger partial charge in [-0.25, -0.2) is 4.98 Å². The molecule has 0 amide bonds. The van der Waals surface area contributed by atoms with E-state index in [0.717, 1.165) is 62.9 Å². The molecule has 196 valence electrons. The van der Waals surface area contributed by atoms with Crippen molar-refractivity contribution in [3.63, 3.8) is 0 Å². The van der Waals surface area contributed by atoms with E-state index >= 15 is 0 Å². The van der Waals surface area contributed by atoms with Crippen LogP contribution in [0, 0.1) is 0 Å². The van der Waals surface area contributed by atoms with Crippen molar-refractivity contribution < 1.29 is 22.6 Å². The maximum Gasteiger partial charge on any atom is 0.423 e. The number of fused-ring (bicyclic) bond motifs is 1. The number of anilines is 1. The first-order valence-corrected chi connectivity index (χ1v) is 12.7. The summed E-state index contributed by atoms with van der Waals surface area (Å²) in [7, 11) is 0. The molecular weight excluding hydrogens is 487 g/mol. The predicted molar refractivity (Wildman–Crippen MR) is 126 cm³/mol. The third-order valence-electron chi connectivity index (χ3n) is 7.46. The van der Waals surface area contributed by atoms with Crippen LogP contribution in [0.1, 0.15) is 66.7 Å². The van der Waals surface area contributed by atoms with Crippen molar-refractivity contribution >= 4 is 5.95 Å². The van der Waals surface area contributed by atoms with E-state index in [1.54, 1.807) is 6.20 Å². The van der Waals surface area contributed by atoms with Gasteiger partial charge < -0.3 is 19.4 Å². The highest BCUT2D eigenvalue weighted by Crippen LogP contribution is 2.38. The first-order chi connectivity index (χ1) is 17.9. The van der Waals surface area contributed by atoms with Crippen molar-refractivity contribution in [2.75, 3.05) is 18.5 Å². The Hall–Kier alpha value is -3.28. The smallest absolute Gasteiger partial charge is 0.423 e. The molecule has 1 saturated carbocycles. The molecule has 3 aliphatic rings. The first kappa shape index (κ1) is 24.1. The number of pyridine rings is 1. The van der Waals surface area contributed by atoms with Crippen LogP contribution in [0.25, 0.3) is 0 Å². The van der Waals surface area contributed by atoms with Gasteiger partial charge in [0.05, 0.1) is 13.2 Å². The Morgan fingerprint density at radius 2 is 1.97 bits per heavy atom. The Morgan fingerprint density at radius 3 is 2.73 bits per heavy atom. The molecule has 6 rings (SSSR count). The molecule has 0 spiro atoms. The molecule has 1 N–H and O–H groups in total. The van der Waals surface area contributed by atoms with E-state index in [2.05, 4.69) is 41.1 Å². The summed E-state index contributed by atoms with van der Waals surface area (Å²) >= 11 is 0. The maximum absolute atomic E-state index is 13.4. The summed E-state index contributed by atoms with van der Waals surface area (Å²) in [5.74, 6) is 2.27. The monoisotopic (exact) mass is 515 g/mol. The molecule has 1 saturated heterocycles. The average Bonchev–Trinajstić information content (AvgIpc) is 3.30. The third kappa shape index (κ3) is 5.11. The minimum atomic E-state index is -4.60. The zero-order valence-electron chi connectivity index (χ0n) is 20.2. The van der Waals surface area contributed by atoms with Gasteiger partial charge in [-0.3, -0.25) is 4.98 Å². The van der Waals surface area contributed by atoms with Crippen LogP contribution in [0.15, 0.2) is 30.7 Å². The molecule has 0 bridgehead atoms. The lowest BCUT2D eigenvalue weighted by Crippen LogP contribution is -2.39. The average molecular weight is 516 g/mol. The van der Waals surface area contributed by atoms with Gasteiger partial charge in [-0.1, -0.05) is 12.5 Å². The molecule has 2 fully saturated rings. The number of rotatable bonds is 6. The zero-order chi connectivity index (χ0) is 25.4. The molecule has 12 heteroatoms. The number of alkyl halides is 3. The van der Waals surface area contributed by atoms with Gasteiger partial charge in [0, 0.05) is 43.5 Å². The summed E-state index contributed by atoms with van der Waals surface area (Å²) in [5.41, 5.74) is 0.246. The third-order valence-corrected chi connectivity index (χ3v) is 7.46. The molecule has 1 aliphatic carbocycles. The van der Waals surface area contributed by atoms with Crippen molar-refractivity contribution in [1.29, 1.82) is 0 Å². The van der Waals surface area contributed by atoms with Crippen LogP contribution in [0.3, 0.4) is 0 Å². The van der Waals surface area contributed by atoms with Gasteiger partial charge >= 0.3 is 6.18 Å². The molecule has 5 heterocycles. The van der Waals surface area contributed by atoms with E-state index in [1.807, 2.05) is 12.3 Å². The lowest BCUT2D eigenvalue weighted by atomic mass is 9.84.